The monoisotopic (exact) mass is 151 g/mol. The number of nitrogens with zero attached hydrogens (tertiary/aromatic N) is 3. The Morgan fingerprint density at radius 2 is 2.50 bits per heavy atom. The highest BCUT2D eigenvalue weighted by atomic mass is 32.1. The van der Waals surface area contributed by atoms with E-state index in [9.17, 15) is 0 Å². The Morgan fingerprint density at radius 1 is 1.60 bits per heavy atom. The van der Waals surface area contributed by atoms with Crippen molar-refractivity contribution in [2.24, 2.45) is 4.99 Å². The maximum Gasteiger partial charge on any atom is 0.124 e. The predicted octanol–water partition coefficient (Wildman–Crippen LogP) is 0.643. The van der Waals surface area contributed by atoms with Crippen molar-refractivity contribution in [3.63, 3.8) is 0 Å². The van der Waals surface area contributed by atoms with Crippen molar-refractivity contribution in [3.8, 4) is 0 Å². The van der Waals surface area contributed by atoms with E-state index in [1.54, 1.807) is 12.4 Å². The van der Waals surface area contributed by atoms with E-state index in [0.717, 1.165) is 5.69 Å². The van der Waals surface area contributed by atoms with Crippen LogP contribution in [0.5, 0.6) is 0 Å². The summed E-state index contributed by atoms with van der Waals surface area (Å²) in [5.74, 6) is 0. The highest BCUT2D eigenvalue weighted by Gasteiger charge is 2.06. The minimum Gasteiger partial charge on any atom is -0.257 e. The van der Waals surface area contributed by atoms with Crippen molar-refractivity contribution in [1.29, 1.82) is 0 Å². The molecule has 0 fully saturated rings. The lowest BCUT2D eigenvalue weighted by Gasteiger charge is -2.06. The van der Waals surface area contributed by atoms with Gasteiger partial charge in [-0.1, -0.05) is 12.2 Å². The Hall–Kier alpha value is -1.03. The van der Waals surface area contributed by atoms with Crippen LogP contribution in [-0.2, 0) is 6.54 Å². The fourth-order valence-electron chi connectivity index (χ4n) is 0.892. The highest BCUT2D eigenvalue weighted by molar-refractivity contribution is 7.80. The van der Waals surface area contributed by atoms with Gasteiger partial charge in [0.1, 0.15) is 4.99 Å². The normalized spacial score (nSPS) is 15.4. The van der Waals surface area contributed by atoms with Crippen LogP contribution in [0.3, 0.4) is 0 Å². The lowest BCUT2D eigenvalue weighted by molar-refractivity contribution is 0.715. The lowest BCUT2D eigenvalue weighted by Crippen LogP contribution is -2.15. The molecule has 3 nitrogen and oxygen atoms in total. The van der Waals surface area contributed by atoms with Gasteiger partial charge in [0.25, 0.3) is 0 Å². The van der Waals surface area contributed by atoms with Gasteiger partial charge < -0.3 is 0 Å². The first-order valence-electron chi connectivity index (χ1n) is 2.95. The third kappa shape index (κ3) is 0.769. The quantitative estimate of drug-likeness (QED) is 0.509. The Labute approximate surface area is 63.4 Å². The van der Waals surface area contributed by atoms with Crippen LogP contribution in [0.4, 0.5) is 0 Å². The topological polar surface area (TPSA) is 30.2 Å². The highest BCUT2D eigenvalue weighted by Crippen LogP contribution is 2.01. The fraction of sp³-hybridized carbons (Fsp3) is 0.167. The van der Waals surface area contributed by atoms with Gasteiger partial charge in [-0.3, -0.25) is 4.68 Å². The second-order valence-corrected chi connectivity index (χ2v) is 2.54. The molecule has 0 aliphatic carbocycles. The lowest BCUT2D eigenvalue weighted by atomic mass is 10.4. The SMILES string of the molecule is S=C1Cn2nccc2C=N1. The molecule has 0 spiro atoms. The Bertz CT molecular complexity index is 300. The van der Waals surface area contributed by atoms with E-state index >= 15 is 0 Å². The summed E-state index contributed by atoms with van der Waals surface area (Å²) in [5, 5.41) is 4.05. The summed E-state index contributed by atoms with van der Waals surface area (Å²) in [7, 11) is 0. The summed E-state index contributed by atoms with van der Waals surface area (Å²) in [6.07, 6.45) is 3.48. The molecule has 2 heterocycles. The van der Waals surface area contributed by atoms with E-state index in [2.05, 4.69) is 10.1 Å². The summed E-state index contributed by atoms with van der Waals surface area (Å²) in [6.45, 7) is 0.647. The molecule has 0 radical (unpaired) electrons. The molecule has 1 aliphatic heterocycles. The van der Waals surface area contributed by atoms with Gasteiger partial charge in [-0.25, -0.2) is 4.99 Å². The van der Waals surface area contributed by atoms with Crippen molar-refractivity contribution in [2.45, 2.75) is 6.54 Å². The zero-order valence-corrected chi connectivity index (χ0v) is 6.01. The fourth-order valence-corrected chi connectivity index (χ4v) is 1.07. The molecule has 0 bridgehead atoms. The van der Waals surface area contributed by atoms with Crippen LogP contribution in [0.25, 0.3) is 0 Å². The number of hydrogen-bond donors (Lipinski definition) is 0. The molecule has 0 aromatic carbocycles. The van der Waals surface area contributed by atoms with E-state index < -0.39 is 0 Å². The standard InChI is InChI=1S/C6H5N3S/c10-6-4-9-5(3-7-6)1-2-8-9/h1-3H,4H2. The van der Waals surface area contributed by atoms with Gasteiger partial charge in [-0.15, -0.1) is 0 Å². The Balaban J connectivity index is 2.52. The summed E-state index contributed by atoms with van der Waals surface area (Å²) in [6, 6.07) is 1.91. The van der Waals surface area contributed by atoms with Crippen molar-refractivity contribution in [3.05, 3.63) is 18.0 Å². The maximum atomic E-state index is 4.89. The second-order valence-electron chi connectivity index (χ2n) is 2.07. The van der Waals surface area contributed by atoms with Gasteiger partial charge in [0.2, 0.25) is 0 Å². The summed E-state index contributed by atoms with van der Waals surface area (Å²) in [4.78, 5) is 4.68. The molecule has 0 saturated carbocycles. The molecule has 50 valence electrons. The maximum absolute atomic E-state index is 4.89. The smallest absolute Gasteiger partial charge is 0.124 e. The number of thiocarbonyl (C=S) groups is 1. The van der Waals surface area contributed by atoms with Crippen LogP contribution >= 0.6 is 12.2 Å². The first-order chi connectivity index (χ1) is 4.86. The summed E-state index contributed by atoms with van der Waals surface area (Å²) < 4.78 is 1.83. The summed E-state index contributed by atoms with van der Waals surface area (Å²) in [5.41, 5.74) is 1.02. The Morgan fingerprint density at radius 3 is 3.40 bits per heavy atom. The molecular formula is C6H5N3S. The predicted molar refractivity (Wildman–Crippen MR) is 42.4 cm³/mol. The van der Waals surface area contributed by atoms with Crippen molar-refractivity contribution < 1.29 is 0 Å². The third-order valence-electron chi connectivity index (χ3n) is 1.38. The molecule has 0 amide bonds. The molecular weight excluding hydrogens is 146 g/mol. The van der Waals surface area contributed by atoms with Crippen LogP contribution in [0.2, 0.25) is 0 Å². The van der Waals surface area contributed by atoms with Gasteiger partial charge in [0.05, 0.1) is 18.5 Å². The number of rotatable bonds is 0. The van der Waals surface area contributed by atoms with Gasteiger partial charge in [0.15, 0.2) is 0 Å². The molecule has 10 heavy (non-hydrogen) atoms. The molecule has 0 N–H and O–H groups in total. The van der Waals surface area contributed by atoms with E-state index in [1.807, 2.05) is 10.7 Å². The van der Waals surface area contributed by atoms with Crippen LogP contribution in [-0.4, -0.2) is 21.0 Å². The molecule has 0 atom stereocenters. The first kappa shape index (κ1) is 5.73. The molecule has 0 unspecified atom stereocenters. The van der Waals surface area contributed by atoms with Crippen molar-refractivity contribution >= 4 is 23.4 Å². The molecule has 1 aliphatic rings. The minimum absolute atomic E-state index is 0.647. The largest absolute Gasteiger partial charge is 0.257 e. The Kier molecular flexibility index (Phi) is 1.14. The second kappa shape index (κ2) is 1.98. The van der Waals surface area contributed by atoms with Crippen molar-refractivity contribution in [2.75, 3.05) is 0 Å². The first-order valence-corrected chi connectivity index (χ1v) is 3.36. The van der Waals surface area contributed by atoms with E-state index in [4.69, 9.17) is 12.2 Å². The molecule has 4 heteroatoms. The van der Waals surface area contributed by atoms with Crippen molar-refractivity contribution in [1.82, 2.24) is 9.78 Å². The number of aliphatic imine (C=N–C) groups is 1. The van der Waals surface area contributed by atoms with Gasteiger partial charge in [0, 0.05) is 6.20 Å². The third-order valence-corrected chi connectivity index (χ3v) is 1.61. The molecule has 0 saturated heterocycles. The van der Waals surface area contributed by atoms with Gasteiger partial charge >= 0.3 is 0 Å². The van der Waals surface area contributed by atoms with Crippen LogP contribution in [0.1, 0.15) is 5.69 Å². The summed E-state index contributed by atoms with van der Waals surface area (Å²) >= 11 is 4.89. The average molecular weight is 151 g/mol. The molecule has 1 aromatic rings. The number of aromatic nitrogens is 2. The molecule has 1 aromatic heterocycles. The zero-order valence-electron chi connectivity index (χ0n) is 5.19. The van der Waals surface area contributed by atoms with Gasteiger partial charge in [-0.2, -0.15) is 5.10 Å². The minimum atomic E-state index is 0.647. The average Bonchev–Trinajstić information content (AvgIpc) is 2.33. The zero-order chi connectivity index (χ0) is 6.97. The van der Waals surface area contributed by atoms with Gasteiger partial charge in [-0.05, 0) is 6.07 Å². The van der Waals surface area contributed by atoms with E-state index in [0.29, 0.717) is 11.5 Å². The van der Waals surface area contributed by atoms with Crippen LogP contribution in [0.15, 0.2) is 17.3 Å². The number of hydrogen-bond acceptors (Lipinski definition) is 2. The van der Waals surface area contributed by atoms with Crippen LogP contribution in [0, 0.1) is 0 Å². The van der Waals surface area contributed by atoms with E-state index in [1.165, 1.54) is 0 Å². The molecule has 2 rings (SSSR count). The van der Waals surface area contributed by atoms with E-state index in [-0.39, 0.29) is 0 Å². The number of fused-ring (bicyclic) bond motifs is 1. The van der Waals surface area contributed by atoms with Crippen LogP contribution < -0.4 is 0 Å².